The Bertz CT molecular complexity index is 1980. The number of fused-ring (bicyclic) bond motifs is 2. The molecule has 5 fully saturated rings. The largest absolute Gasteiger partial charge is 0.480 e. The van der Waals surface area contributed by atoms with Crippen molar-refractivity contribution in [1.82, 2.24) is 25.1 Å². The summed E-state index contributed by atoms with van der Waals surface area (Å²) in [4.78, 5) is 18.6. The van der Waals surface area contributed by atoms with Crippen LogP contribution in [0.5, 0.6) is 6.01 Å². The lowest BCUT2D eigenvalue weighted by Gasteiger charge is -2.53. The van der Waals surface area contributed by atoms with Crippen molar-refractivity contribution in [3.8, 4) is 6.01 Å². The van der Waals surface area contributed by atoms with Gasteiger partial charge in [-0.25, -0.2) is 9.38 Å². The second-order valence-electron chi connectivity index (χ2n) is 16.0. The van der Waals surface area contributed by atoms with E-state index >= 15 is 4.39 Å². The molecule has 0 spiro atoms. The maximum atomic E-state index is 17.4. The summed E-state index contributed by atoms with van der Waals surface area (Å²) in [6, 6.07) is 2.87. The highest BCUT2D eigenvalue weighted by Gasteiger charge is 2.52. The van der Waals surface area contributed by atoms with E-state index in [-0.39, 0.29) is 53.4 Å². The Kier molecular flexibility index (Phi) is 12.0. The average molecular weight is 782 g/mol. The van der Waals surface area contributed by atoms with E-state index in [2.05, 4.69) is 26.8 Å². The van der Waals surface area contributed by atoms with Gasteiger partial charge in [-0.2, -0.15) is 15.1 Å². The van der Waals surface area contributed by atoms with Crippen LogP contribution in [0.1, 0.15) is 95.6 Å². The number of ether oxygens (including phenoxy) is 4. The maximum absolute atomic E-state index is 17.4. The third kappa shape index (κ3) is 7.97. The van der Waals surface area contributed by atoms with Gasteiger partial charge in [0.05, 0.1) is 51.3 Å². The van der Waals surface area contributed by atoms with Gasteiger partial charge in [-0.3, -0.25) is 10.00 Å². The highest BCUT2D eigenvalue weighted by Crippen LogP contribution is 2.50. The predicted molar refractivity (Wildman–Crippen MR) is 213 cm³/mol. The Morgan fingerprint density at radius 3 is 2.67 bits per heavy atom. The number of aliphatic imine (C=N–C) groups is 1. The van der Waals surface area contributed by atoms with E-state index in [1.807, 2.05) is 24.8 Å². The minimum absolute atomic E-state index is 0.00300. The van der Waals surface area contributed by atoms with E-state index in [9.17, 15) is 5.11 Å². The number of hydrogen-bond donors (Lipinski definition) is 2. The number of anilines is 1. The molecule has 0 amide bonds. The van der Waals surface area contributed by atoms with E-state index in [1.165, 1.54) is 7.11 Å². The van der Waals surface area contributed by atoms with Crippen LogP contribution in [0.3, 0.4) is 0 Å². The molecule has 3 aliphatic carbocycles. The fourth-order valence-corrected chi connectivity index (χ4v) is 9.89. The number of rotatable bonds is 11. The second-order valence-corrected chi connectivity index (χ2v) is 16.4. The van der Waals surface area contributed by atoms with E-state index in [1.54, 1.807) is 20.2 Å². The zero-order chi connectivity index (χ0) is 38.9. The molecule has 3 unspecified atom stereocenters. The van der Waals surface area contributed by atoms with Crippen molar-refractivity contribution in [3.05, 3.63) is 39.0 Å². The number of nitrogens with zero attached hydrogens (tertiary/aromatic N) is 6. The number of aliphatic hydroxyl groups is 1. The topological polar surface area (TPSA) is 130 Å². The molecule has 8 rings (SSSR count). The molecule has 3 aromatic rings. The van der Waals surface area contributed by atoms with Crippen LogP contribution >= 0.6 is 11.6 Å². The number of likely N-dealkylation sites (tertiary alicyclic amines) is 1. The van der Waals surface area contributed by atoms with Crippen LogP contribution in [0.25, 0.3) is 22.6 Å². The highest BCUT2D eigenvalue weighted by atomic mass is 35.5. The lowest BCUT2D eigenvalue weighted by molar-refractivity contribution is -0.0845. The number of H-pyrrole nitrogens is 1. The summed E-state index contributed by atoms with van der Waals surface area (Å²) in [7, 11) is 3.26. The van der Waals surface area contributed by atoms with Gasteiger partial charge in [0.2, 0.25) is 5.88 Å². The molecular weight excluding hydrogens is 725 g/mol. The summed E-state index contributed by atoms with van der Waals surface area (Å²) < 4.78 is 41.2. The van der Waals surface area contributed by atoms with E-state index < -0.39 is 11.4 Å². The molecule has 1 aromatic carbocycles. The minimum Gasteiger partial charge on any atom is -0.480 e. The fourth-order valence-electron chi connectivity index (χ4n) is 9.51. The van der Waals surface area contributed by atoms with Crippen molar-refractivity contribution in [2.24, 2.45) is 10.4 Å². The summed E-state index contributed by atoms with van der Waals surface area (Å²) in [5.74, 6) is 0.140. The van der Waals surface area contributed by atoms with Crippen molar-refractivity contribution < 1.29 is 28.4 Å². The van der Waals surface area contributed by atoms with Gasteiger partial charge in [-0.15, -0.1) is 0 Å². The number of benzene rings is 1. The molecule has 3 saturated carbocycles. The minimum atomic E-state index is -1.20. The van der Waals surface area contributed by atoms with Crippen molar-refractivity contribution >= 4 is 46.7 Å². The number of aromatic amines is 1. The number of halogens is 2. The summed E-state index contributed by atoms with van der Waals surface area (Å²) in [6.07, 6.45) is 11.6. The van der Waals surface area contributed by atoms with Crippen LogP contribution in [0.2, 0.25) is 5.02 Å². The summed E-state index contributed by atoms with van der Waals surface area (Å²) >= 11 is 6.84. The van der Waals surface area contributed by atoms with E-state index in [0.29, 0.717) is 48.8 Å². The average Bonchev–Trinajstić information content (AvgIpc) is 3.77. The molecule has 14 heteroatoms. The molecule has 4 heterocycles. The van der Waals surface area contributed by atoms with Crippen LogP contribution in [0, 0.1) is 5.41 Å². The number of methoxy groups -OCH3 is 2. The Morgan fingerprint density at radius 1 is 1.16 bits per heavy atom. The van der Waals surface area contributed by atoms with Crippen molar-refractivity contribution in [3.63, 3.8) is 0 Å². The van der Waals surface area contributed by atoms with E-state index in [4.69, 9.17) is 40.5 Å². The van der Waals surface area contributed by atoms with Gasteiger partial charge in [0, 0.05) is 48.0 Å². The molecule has 2 saturated heterocycles. The van der Waals surface area contributed by atoms with Crippen molar-refractivity contribution in [1.29, 1.82) is 0 Å². The SMILES string of the molecule is C=N/C(OC)=c1/c(N2CCOCC(C)(O)C2)nc(OCC23CCCC2N(C2CC(OC)C2)CCC3)n/c1=C(\F)Cc1c(C2CC2)c(Cl)cc2[nH]ncc12.CC. The fraction of sp³-hybridized carbons (Fsp3) is 0.659. The van der Waals surface area contributed by atoms with Gasteiger partial charge < -0.3 is 29.0 Å². The number of nitrogens with one attached hydrogen (secondary N) is 1. The van der Waals surface area contributed by atoms with Crippen LogP contribution in [0.4, 0.5) is 10.2 Å². The van der Waals surface area contributed by atoms with Crippen LogP contribution in [-0.2, 0) is 20.6 Å². The first-order valence-electron chi connectivity index (χ1n) is 20.1. The first-order valence-corrected chi connectivity index (χ1v) is 20.4. The molecule has 0 radical (unpaired) electrons. The third-order valence-electron chi connectivity index (χ3n) is 12.3. The van der Waals surface area contributed by atoms with Crippen LogP contribution in [-0.4, -0.2) is 114 Å². The normalized spacial score (nSPS) is 29.4. The lowest BCUT2D eigenvalue weighted by atomic mass is 9.73. The maximum Gasteiger partial charge on any atom is 0.319 e. The van der Waals surface area contributed by atoms with Crippen molar-refractivity contribution in [2.75, 3.05) is 58.6 Å². The first kappa shape index (κ1) is 39.9. The molecule has 2 aromatic heterocycles. The molecule has 0 bridgehead atoms. The summed E-state index contributed by atoms with van der Waals surface area (Å²) in [5, 5.41) is 20.1. The quantitative estimate of drug-likeness (QED) is 0.243. The Morgan fingerprint density at radius 2 is 1.95 bits per heavy atom. The van der Waals surface area contributed by atoms with Crippen LogP contribution < -0.4 is 20.2 Å². The van der Waals surface area contributed by atoms with Gasteiger partial charge in [-0.05, 0) is 94.7 Å². The number of hydrogen-bond acceptors (Lipinski definition) is 11. The Balaban J connectivity index is 0.00000229. The molecule has 3 atom stereocenters. The molecular formula is C41H57ClFN7O5. The number of aromatic nitrogens is 4. The van der Waals surface area contributed by atoms with E-state index in [0.717, 1.165) is 86.4 Å². The molecule has 12 nitrogen and oxygen atoms in total. The van der Waals surface area contributed by atoms with Gasteiger partial charge in [0.1, 0.15) is 27.8 Å². The molecule has 2 aliphatic heterocycles. The number of piperidine rings is 1. The second kappa shape index (κ2) is 16.6. The Labute approximate surface area is 328 Å². The highest BCUT2D eigenvalue weighted by molar-refractivity contribution is 6.32. The molecule has 5 aliphatic rings. The van der Waals surface area contributed by atoms with Gasteiger partial charge in [0.25, 0.3) is 0 Å². The molecule has 300 valence electrons. The summed E-state index contributed by atoms with van der Waals surface area (Å²) in [6.45, 7) is 12.0. The summed E-state index contributed by atoms with van der Waals surface area (Å²) in [5.41, 5.74) is 1.20. The smallest absolute Gasteiger partial charge is 0.319 e. The molecule has 2 N–H and O–H groups in total. The first-order chi connectivity index (χ1) is 26.6. The Hall–Kier alpha value is -3.36. The number of β-amino-alcohol motifs (C(OH)–C–C–N with tert-alkyl or cyclic N) is 1. The monoisotopic (exact) mass is 781 g/mol. The zero-order valence-corrected chi connectivity index (χ0v) is 33.8. The predicted octanol–water partition coefficient (Wildman–Crippen LogP) is 5.42. The van der Waals surface area contributed by atoms with Crippen LogP contribution in [0.15, 0.2) is 17.3 Å². The standard InChI is InChI=1S/C39H51ClFN7O5.C2H6/c1-38(49)20-47(13-14-52-21-38)35-33(36(42-2)51-4)34(29(41)17-26-27-19-43-46-30(27)18-28(40)32(26)23-8-9-23)44-37(45-35)53-22-39-10-5-7-31(39)48(12-6-11-39)24-15-25(16-24)50-3;1-2/h18-19,23-25,31,49H,2,5-17,20-22H2,1,3-4H3,(H,43,46);1-2H3/b34-29-,36-33-;. The van der Waals surface area contributed by atoms with Crippen molar-refractivity contribution in [2.45, 2.75) is 115 Å². The lowest BCUT2D eigenvalue weighted by Crippen LogP contribution is -2.59. The zero-order valence-electron chi connectivity index (χ0n) is 33.0. The molecule has 55 heavy (non-hydrogen) atoms. The third-order valence-corrected chi connectivity index (χ3v) is 12.6. The van der Waals surface area contributed by atoms with Gasteiger partial charge in [-0.1, -0.05) is 31.9 Å². The van der Waals surface area contributed by atoms with Gasteiger partial charge in [0.15, 0.2) is 0 Å². The van der Waals surface area contributed by atoms with Gasteiger partial charge >= 0.3 is 6.01 Å².